The molecular weight excluding hydrogens is 314 g/mol. The van der Waals surface area contributed by atoms with Crippen molar-refractivity contribution in [1.29, 1.82) is 0 Å². The normalized spacial score (nSPS) is 24.5. The topological polar surface area (TPSA) is 62.6 Å². The van der Waals surface area contributed by atoms with E-state index in [0.29, 0.717) is 12.6 Å². The van der Waals surface area contributed by atoms with E-state index in [1.807, 2.05) is 30.3 Å². The summed E-state index contributed by atoms with van der Waals surface area (Å²) in [5, 5.41) is 6.24. The molecular formula is C20H30N3O2+. The number of Topliss-reactive ketones (excluding diaryl/α,β-unsaturated/α-hetero) is 1. The number of piperidine rings is 1. The zero-order chi connectivity index (χ0) is 17.5. The number of carbonyl (C=O) groups is 2. The van der Waals surface area contributed by atoms with Gasteiger partial charge < -0.3 is 15.5 Å². The maximum absolute atomic E-state index is 12.3. The summed E-state index contributed by atoms with van der Waals surface area (Å²) >= 11 is 0. The van der Waals surface area contributed by atoms with Gasteiger partial charge in [0.15, 0.2) is 0 Å². The number of likely N-dealkylation sites (tertiary alicyclic amines) is 1. The average molecular weight is 344 g/mol. The van der Waals surface area contributed by atoms with Crippen molar-refractivity contribution in [2.24, 2.45) is 0 Å². The smallest absolute Gasteiger partial charge is 0.315 e. The monoisotopic (exact) mass is 344 g/mol. The fraction of sp³-hybridized carbons (Fsp3) is 0.600. The van der Waals surface area contributed by atoms with Gasteiger partial charge in [0.05, 0.1) is 13.1 Å². The largest absolute Gasteiger partial charge is 0.335 e. The zero-order valence-electron chi connectivity index (χ0n) is 14.9. The second-order valence-electron chi connectivity index (χ2n) is 7.44. The van der Waals surface area contributed by atoms with Crippen LogP contribution in [0.1, 0.15) is 55.3 Å². The number of urea groups is 1. The summed E-state index contributed by atoms with van der Waals surface area (Å²) in [6, 6.07) is 10.1. The quantitative estimate of drug-likeness (QED) is 0.710. The standard InChI is InChI=1S/C20H29N3O2/c24-19(16-7-3-1-4-8-16)15-23-13-11-18(12-14-23)22-20(25)21-17-9-5-2-6-10-17/h1,3-4,7-8,17-18H,2,5-6,9-15H2,(H2,21,22,25)/p+1. The van der Waals surface area contributed by atoms with Crippen LogP contribution in [0.5, 0.6) is 0 Å². The maximum atomic E-state index is 12.3. The maximum Gasteiger partial charge on any atom is 0.315 e. The van der Waals surface area contributed by atoms with Gasteiger partial charge in [-0.15, -0.1) is 0 Å². The Morgan fingerprint density at radius 1 is 0.880 bits per heavy atom. The van der Waals surface area contributed by atoms with E-state index in [0.717, 1.165) is 44.3 Å². The van der Waals surface area contributed by atoms with Crippen molar-refractivity contribution < 1.29 is 14.5 Å². The van der Waals surface area contributed by atoms with E-state index in [2.05, 4.69) is 10.6 Å². The number of quaternary nitrogens is 1. The molecule has 1 saturated carbocycles. The fourth-order valence-corrected chi connectivity index (χ4v) is 3.96. The van der Waals surface area contributed by atoms with E-state index in [1.54, 1.807) is 0 Å². The summed E-state index contributed by atoms with van der Waals surface area (Å²) in [6.07, 6.45) is 7.84. The second kappa shape index (κ2) is 8.99. The second-order valence-corrected chi connectivity index (χ2v) is 7.44. The summed E-state index contributed by atoms with van der Waals surface area (Å²) in [5.41, 5.74) is 0.794. The fourth-order valence-electron chi connectivity index (χ4n) is 3.96. The first-order valence-corrected chi connectivity index (χ1v) is 9.69. The van der Waals surface area contributed by atoms with Crippen molar-refractivity contribution in [3.05, 3.63) is 35.9 Å². The Morgan fingerprint density at radius 2 is 1.48 bits per heavy atom. The average Bonchev–Trinajstić information content (AvgIpc) is 2.65. The molecule has 136 valence electrons. The number of amides is 2. The molecule has 2 fully saturated rings. The molecule has 3 rings (SSSR count). The van der Waals surface area contributed by atoms with Crippen LogP contribution in [0.4, 0.5) is 4.79 Å². The molecule has 1 heterocycles. The van der Waals surface area contributed by atoms with Gasteiger partial charge >= 0.3 is 6.03 Å². The third-order valence-electron chi connectivity index (χ3n) is 5.47. The predicted octanol–water partition coefficient (Wildman–Crippen LogP) is 1.55. The van der Waals surface area contributed by atoms with Crippen molar-refractivity contribution in [3.8, 4) is 0 Å². The van der Waals surface area contributed by atoms with Gasteiger partial charge in [-0.05, 0) is 12.8 Å². The first-order chi connectivity index (χ1) is 12.2. The van der Waals surface area contributed by atoms with E-state index in [9.17, 15) is 9.59 Å². The van der Waals surface area contributed by atoms with E-state index in [4.69, 9.17) is 0 Å². The van der Waals surface area contributed by atoms with Crippen LogP contribution >= 0.6 is 0 Å². The van der Waals surface area contributed by atoms with Gasteiger partial charge in [-0.2, -0.15) is 0 Å². The number of nitrogens with one attached hydrogen (secondary N) is 3. The van der Waals surface area contributed by atoms with Crippen LogP contribution in [0.25, 0.3) is 0 Å². The molecule has 0 bridgehead atoms. The van der Waals surface area contributed by atoms with Gasteiger partial charge in [0.25, 0.3) is 0 Å². The first-order valence-electron chi connectivity index (χ1n) is 9.69. The highest BCUT2D eigenvalue weighted by Crippen LogP contribution is 2.17. The van der Waals surface area contributed by atoms with Crippen molar-refractivity contribution >= 4 is 11.8 Å². The van der Waals surface area contributed by atoms with Crippen molar-refractivity contribution in [3.63, 3.8) is 0 Å². The first kappa shape index (κ1) is 17.9. The minimum absolute atomic E-state index is 0.0132. The van der Waals surface area contributed by atoms with Gasteiger partial charge in [0.1, 0.15) is 6.54 Å². The molecule has 1 aliphatic heterocycles. The van der Waals surface area contributed by atoms with Crippen LogP contribution in [0.2, 0.25) is 0 Å². The lowest BCUT2D eigenvalue weighted by Crippen LogP contribution is -3.14. The van der Waals surface area contributed by atoms with Crippen LogP contribution in [0, 0.1) is 0 Å². The molecule has 1 saturated heterocycles. The van der Waals surface area contributed by atoms with Crippen molar-refractivity contribution in [1.82, 2.24) is 10.6 Å². The van der Waals surface area contributed by atoms with Crippen LogP contribution in [-0.4, -0.2) is 43.5 Å². The number of carbonyl (C=O) groups excluding carboxylic acids is 2. The van der Waals surface area contributed by atoms with E-state index in [-0.39, 0.29) is 17.9 Å². The molecule has 3 N–H and O–H groups in total. The summed E-state index contributed by atoms with van der Waals surface area (Å²) in [5.74, 6) is 0.206. The molecule has 25 heavy (non-hydrogen) atoms. The zero-order valence-corrected chi connectivity index (χ0v) is 14.9. The number of hydrogen-bond donors (Lipinski definition) is 3. The molecule has 0 spiro atoms. The number of rotatable bonds is 5. The highest BCUT2D eigenvalue weighted by atomic mass is 16.2. The lowest BCUT2D eigenvalue weighted by Gasteiger charge is -2.30. The molecule has 0 unspecified atom stereocenters. The molecule has 2 aliphatic rings. The molecule has 2 amide bonds. The molecule has 0 aromatic heterocycles. The summed E-state index contributed by atoms with van der Waals surface area (Å²) in [4.78, 5) is 25.8. The third-order valence-corrected chi connectivity index (χ3v) is 5.47. The van der Waals surface area contributed by atoms with Crippen LogP contribution in [0.15, 0.2) is 30.3 Å². The predicted molar refractivity (Wildman–Crippen MR) is 97.9 cm³/mol. The minimum Gasteiger partial charge on any atom is -0.335 e. The SMILES string of the molecule is O=C(NC1CCCCC1)NC1CC[NH+](CC(=O)c2ccccc2)CC1. The molecule has 5 nitrogen and oxygen atoms in total. The van der Waals surface area contributed by atoms with Crippen LogP contribution < -0.4 is 15.5 Å². The van der Waals surface area contributed by atoms with E-state index < -0.39 is 0 Å². The molecule has 1 aromatic carbocycles. The van der Waals surface area contributed by atoms with Gasteiger partial charge in [-0.25, -0.2) is 4.79 Å². The highest BCUT2D eigenvalue weighted by molar-refractivity contribution is 5.96. The Bertz CT molecular complexity index is 562. The third kappa shape index (κ3) is 5.56. The van der Waals surface area contributed by atoms with Gasteiger partial charge in [-0.3, -0.25) is 4.79 Å². The lowest BCUT2D eigenvalue weighted by atomic mass is 9.96. The molecule has 1 aromatic rings. The Kier molecular flexibility index (Phi) is 6.45. The summed E-state index contributed by atoms with van der Waals surface area (Å²) < 4.78 is 0. The van der Waals surface area contributed by atoms with E-state index >= 15 is 0 Å². The molecule has 0 radical (unpaired) electrons. The van der Waals surface area contributed by atoms with Gasteiger partial charge in [0.2, 0.25) is 5.78 Å². The number of benzene rings is 1. The number of hydrogen-bond acceptors (Lipinski definition) is 2. The Morgan fingerprint density at radius 3 is 2.12 bits per heavy atom. The Labute approximate surface area is 150 Å². The van der Waals surface area contributed by atoms with Crippen molar-refractivity contribution in [2.45, 2.75) is 57.0 Å². The molecule has 5 heteroatoms. The van der Waals surface area contributed by atoms with Gasteiger partial charge in [-0.1, -0.05) is 49.6 Å². The summed E-state index contributed by atoms with van der Waals surface area (Å²) in [7, 11) is 0. The minimum atomic E-state index is -0.0132. The highest BCUT2D eigenvalue weighted by Gasteiger charge is 2.26. The van der Waals surface area contributed by atoms with Gasteiger partial charge in [0, 0.05) is 30.5 Å². The van der Waals surface area contributed by atoms with Crippen LogP contribution in [0.3, 0.4) is 0 Å². The molecule has 1 aliphatic carbocycles. The Balaban J connectivity index is 1.36. The van der Waals surface area contributed by atoms with Crippen molar-refractivity contribution in [2.75, 3.05) is 19.6 Å². The number of ketones is 1. The van der Waals surface area contributed by atoms with E-state index in [1.165, 1.54) is 24.2 Å². The van der Waals surface area contributed by atoms with Crippen LogP contribution in [-0.2, 0) is 0 Å². The lowest BCUT2D eigenvalue weighted by molar-refractivity contribution is -0.896. The Hall–Kier alpha value is -1.88. The molecule has 0 atom stereocenters. The summed E-state index contributed by atoms with van der Waals surface area (Å²) in [6.45, 7) is 2.42.